The highest BCUT2D eigenvalue weighted by Gasteiger charge is 2.30. The van der Waals surface area contributed by atoms with E-state index in [-0.39, 0.29) is 6.04 Å². The lowest BCUT2D eigenvalue weighted by molar-refractivity contribution is -0.137. The normalized spacial score (nSPS) is 13.3. The Bertz CT molecular complexity index is 555. The Morgan fingerprint density at radius 2 is 2.14 bits per heavy atom. The van der Waals surface area contributed by atoms with Crippen LogP contribution >= 0.6 is 11.5 Å². The van der Waals surface area contributed by atoms with Crippen molar-refractivity contribution < 1.29 is 13.2 Å². The molecule has 3 nitrogen and oxygen atoms in total. The number of rotatable bonds is 6. The number of hydrogen-bond donors (Lipinski definition) is 1. The van der Waals surface area contributed by atoms with Gasteiger partial charge in [0.25, 0.3) is 0 Å². The van der Waals surface area contributed by atoms with E-state index in [1.54, 1.807) is 6.07 Å². The van der Waals surface area contributed by atoms with Gasteiger partial charge in [-0.25, -0.2) is 0 Å². The number of halogens is 3. The Morgan fingerprint density at radius 1 is 1.33 bits per heavy atom. The zero-order valence-corrected chi connectivity index (χ0v) is 12.3. The summed E-state index contributed by atoms with van der Waals surface area (Å²) in [6.45, 7) is 2.81. The summed E-state index contributed by atoms with van der Waals surface area (Å²) in [7, 11) is 0. The molecule has 114 valence electrons. The maximum absolute atomic E-state index is 12.7. The van der Waals surface area contributed by atoms with Crippen LogP contribution in [0, 0.1) is 0 Å². The largest absolute Gasteiger partial charge is 0.416 e. The predicted octanol–water partition coefficient (Wildman–Crippen LogP) is 3.84. The summed E-state index contributed by atoms with van der Waals surface area (Å²) in [5, 5.41) is 9.14. The first-order valence-electron chi connectivity index (χ1n) is 6.67. The van der Waals surface area contributed by atoms with Crippen LogP contribution in [0.2, 0.25) is 0 Å². The second kappa shape index (κ2) is 7.00. The van der Waals surface area contributed by atoms with E-state index in [9.17, 15) is 13.2 Å². The lowest BCUT2D eigenvalue weighted by atomic mass is 10.0. The molecule has 1 unspecified atom stereocenters. The molecule has 0 amide bonds. The van der Waals surface area contributed by atoms with Crippen molar-refractivity contribution in [2.24, 2.45) is 0 Å². The van der Waals surface area contributed by atoms with Gasteiger partial charge in [0.05, 0.1) is 17.3 Å². The maximum Gasteiger partial charge on any atom is 0.416 e. The summed E-state index contributed by atoms with van der Waals surface area (Å²) >= 11 is 1.24. The fraction of sp³-hybridized carbons (Fsp3) is 0.429. The highest BCUT2D eigenvalue weighted by molar-refractivity contribution is 7.03. The smallest absolute Gasteiger partial charge is 0.308 e. The number of aromatic nitrogens is 2. The molecule has 1 aromatic heterocycles. The van der Waals surface area contributed by atoms with E-state index in [1.165, 1.54) is 23.7 Å². The molecular weight excluding hydrogens is 299 g/mol. The van der Waals surface area contributed by atoms with E-state index in [0.29, 0.717) is 12.0 Å². The van der Waals surface area contributed by atoms with Crippen LogP contribution in [0.3, 0.4) is 0 Å². The molecule has 1 atom stereocenters. The molecule has 0 aliphatic heterocycles. The predicted molar refractivity (Wildman–Crippen MR) is 76.1 cm³/mol. The average Bonchev–Trinajstić information content (AvgIpc) is 2.97. The summed E-state index contributed by atoms with van der Waals surface area (Å²) in [6.07, 6.45) is -2.92. The number of benzene rings is 1. The quantitative estimate of drug-likeness (QED) is 0.880. The summed E-state index contributed by atoms with van der Waals surface area (Å²) in [4.78, 5) is 0. The molecule has 1 N–H and O–H groups in total. The Morgan fingerprint density at radius 3 is 2.76 bits per heavy atom. The van der Waals surface area contributed by atoms with Crippen LogP contribution in [0.5, 0.6) is 0 Å². The number of nitrogens with zero attached hydrogens (tertiary/aromatic N) is 2. The highest BCUT2D eigenvalue weighted by atomic mass is 32.1. The van der Waals surface area contributed by atoms with Crippen molar-refractivity contribution in [2.45, 2.75) is 32.0 Å². The van der Waals surface area contributed by atoms with E-state index >= 15 is 0 Å². The molecule has 0 spiro atoms. The maximum atomic E-state index is 12.7. The van der Waals surface area contributed by atoms with Crippen LogP contribution in [0.4, 0.5) is 13.2 Å². The second-order valence-corrected chi connectivity index (χ2v) is 5.35. The zero-order chi connectivity index (χ0) is 15.3. The zero-order valence-electron chi connectivity index (χ0n) is 11.5. The minimum absolute atomic E-state index is 0.118. The first-order chi connectivity index (χ1) is 10.0. The van der Waals surface area contributed by atoms with Gasteiger partial charge < -0.3 is 5.32 Å². The van der Waals surface area contributed by atoms with Crippen molar-refractivity contribution in [3.8, 4) is 0 Å². The lowest BCUT2D eigenvalue weighted by Gasteiger charge is -2.17. The van der Waals surface area contributed by atoms with Crippen LogP contribution in [0.25, 0.3) is 0 Å². The lowest BCUT2D eigenvalue weighted by Crippen LogP contribution is -2.24. The molecule has 0 bridgehead atoms. The van der Waals surface area contributed by atoms with Gasteiger partial charge in [-0.2, -0.15) is 13.2 Å². The molecule has 0 radical (unpaired) electrons. The van der Waals surface area contributed by atoms with Crippen LogP contribution in [-0.4, -0.2) is 16.1 Å². The first kappa shape index (κ1) is 15.9. The number of nitrogens with one attached hydrogen (secondary N) is 1. The third-order valence-electron chi connectivity index (χ3n) is 3.07. The van der Waals surface area contributed by atoms with Gasteiger partial charge in [0.1, 0.15) is 0 Å². The molecule has 2 aromatic rings. The fourth-order valence-electron chi connectivity index (χ4n) is 2.03. The molecular formula is C14H16F3N3S. The van der Waals surface area contributed by atoms with E-state index < -0.39 is 11.7 Å². The van der Waals surface area contributed by atoms with Gasteiger partial charge in [0, 0.05) is 5.38 Å². The molecule has 0 aliphatic carbocycles. The second-order valence-electron chi connectivity index (χ2n) is 4.74. The van der Waals surface area contributed by atoms with Gasteiger partial charge >= 0.3 is 6.18 Å². The Labute approximate surface area is 125 Å². The molecule has 2 rings (SSSR count). The molecule has 21 heavy (non-hydrogen) atoms. The van der Waals surface area contributed by atoms with Gasteiger partial charge in [-0.3, -0.25) is 0 Å². The SMILES string of the molecule is CCCNC(Cc1cccc(C(F)(F)F)c1)c1csnn1. The molecule has 0 fully saturated rings. The molecule has 0 saturated heterocycles. The third-order valence-corrected chi connectivity index (χ3v) is 3.59. The molecule has 1 heterocycles. The minimum atomic E-state index is -4.31. The summed E-state index contributed by atoms with van der Waals surface area (Å²) in [5.74, 6) is 0. The molecule has 1 aromatic carbocycles. The number of hydrogen-bond acceptors (Lipinski definition) is 4. The Balaban J connectivity index is 2.17. The van der Waals surface area contributed by atoms with E-state index in [0.717, 1.165) is 24.7 Å². The Hall–Kier alpha value is -1.47. The van der Waals surface area contributed by atoms with Crippen molar-refractivity contribution in [3.05, 3.63) is 46.5 Å². The molecule has 0 aliphatic rings. The summed E-state index contributed by atoms with van der Waals surface area (Å²) < 4.78 is 42.1. The monoisotopic (exact) mass is 315 g/mol. The van der Waals surface area contributed by atoms with Gasteiger partial charge in [0.2, 0.25) is 0 Å². The standard InChI is InChI=1S/C14H16F3N3S/c1-2-6-18-12(13-9-21-20-19-13)8-10-4-3-5-11(7-10)14(15,16)17/h3-5,7,9,12,18H,2,6,8H2,1H3. The molecule has 0 saturated carbocycles. The van der Waals surface area contributed by atoms with Crippen molar-refractivity contribution in [3.63, 3.8) is 0 Å². The van der Waals surface area contributed by atoms with Crippen LogP contribution in [0.15, 0.2) is 29.6 Å². The van der Waals surface area contributed by atoms with E-state index in [4.69, 9.17) is 0 Å². The van der Waals surface area contributed by atoms with Gasteiger partial charge in [-0.15, -0.1) is 5.10 Å². The van der Waals surface area contributed by atoms with Crippen molar-refractivity contribution in [1.29, 1.82) is 0 Å². The number of alkyl halides is 3. The first-order valence-corrected chi connectivity index (χ1v) is 7.51. The molecule has 7 heteroatoms. The highest BCUT2D eigenvalue weighted by Crippen LogP contribution is 2.30. The fourth-order valence-corrected chi connectivity index (χ4v) is 2.54. The van der Waals surface area contributed by atoms with Crippen LogP contribution in [-0.2, 0) is 12.6 Å². The van der Waals surface area contributed by atoms with Crippen LogP contribution in [0.1, 0.15) is 36.2 Å². The topological polar surface area (TPSA) is 37.8 Å². The van der Waals surface area contributed by atoms with E-state index in [2.05, 4.69) is 14.9 Å². The summed E-state index contributed by atoms with van der Waals surface area (Å²) in [6, 6.07) is 5.31. The van der Waals surface area contributed by atoms with Gasteiger partial charge in [-0.05, 0) is 42.5 Å². The van der Waals surface area contributed by atoms with Crippen molar-refractivity contribution >= 4 is 11.5 Å². The van der Waals surface area contributed by atoms with Crippen molar-refractivity contribution in [2.75, 3.05) is 6.54 Å². The minimum Gasteiger partial charge on any atom is -0.308 e. The average molecular weight is 315 g/mol. The van der Waals surface area contributed by atoms with E-state index in [1.807, 2.05) is 12.3 Å². The summed E-state index contributed by atoms with van der Waals surface area (Å²) in [5.41, 5.74) is 0.780. The third kappa shape index (κ3) is 4.50. The Kier molecular flexibility index (Phi) is 5.30. The van der Waals surface area contributed by atoms with Crippen LogP contribution < -0.4 is 5.32 Å². The van der Waals surface area contributed by atoms with Gasteiger partial charge in [-0.1, -0.05) is 29.6 Å². The van der Waals surface area contributed by atoms with Crippen molar-refractivity contribution in [1.82, 2.24) is 14.9 Å². The van der Waals surface area contributed by atoms with Gasteiger partial charge in [0.15, 0.2) is 0 Å².